The van der Waals surface area contributed by atoms with Gasteiger partial charge in [0.15, 0.2) is 0 Å². The Balaban J connectivity index is 2.98. The van der Waals surface area contributed by atoms with Crippen molar-refractivity contribution >= 4 is 21.6 Å². The van der Waals surface area contributed by atoms with Gasteiger partial charge < -0.3 is 0 Å². The minimum Gasteiger partial charge on any atom is -0.207 e. The number of nitrogens with one attached hydrogen (secondary N) is 1. The fourth-order valence-electron chi connectivity index (χ4n) is 1.35. The first kappa shape index (κ1) is 14.0. The van der Waals surface area contributed by atoms with Crippen molar-refractivity contribution in [3.05, 3.63) is 29.3 Å². The van der Waals surface area contributed by atoms with E-state index >= 15 is 0 Å². The van der Waals surface area contributed by atoms with Crippen molar-refractivity contribution in [1.29, 1.82) is 5.26 Å². The van der Waals surface area contributed by atoms with E-state index in [1.165, 1.54) is 12.1 Å². The van der Waals surface area contributed by atoms with E-state index in [0.717, 1.165) is 6.42 Å². The number of nitriles is 1. The van der Waals surface area contributed by atoms with E-state index in [0.29, 0.717) is 6.42 Å². The molecular weight excluding hydrogens is 260 g/mol. The number of hydrogen-bond acceptors (Lipinski definition) is 3. The smallest absolute Gasteiger partial charge is 0.207 e. The number of halogens is 1. The van der Waals surface area contributed by atoms with Gasteiger partial charge in [0.1, 0.15) is 10.9 Å². The lowest BCUT2D eigenvalue weighted by Crippen LogP contribution is -2.33. The van der Waals surface area contributed by atoms with Gasteiger partial charge in [-0.2, -0.15) is 9.98 Å². The van der Waals surface area contributed by atoms with Gasteiger partial charge in [-0.05, 0) is 18.6 Å². The monoisotopic (exact) mass is 272 g/mol. The summed E-state index contributed by atoms with van der Waals surface area (Å²) in [5.74, 6) is 0. The van der Waals surface area contributed by atoms with Crippen molar-refractivity contribution in [3.8, 4) is 6.07 Å². The third-order valence-corrected chi connectivity index (χ3v) is 4.13. The minimum absolute atomic E-state index is 0.00183. The highest BCUT2D eigenvalue weighted by Crippen LogP contribution is 2.20. The third-order valence-electron chi connectivity index (χ3n) is 2.16. The predicted octanol–water partition coefficient (Wildman–Crippen LogP) is 2.31. The lowest BCUT2D eigenvalue weighted by molar-refractivity contribution is 0.563. The highest BCUT2D eigenvalue weighted by molar-refractivity contribution is 7.89. The third kappa shape index (κ3) is 3.70. The van der Waals surface area contributed by atoms with Crippen LogP contribution in [0.5, 0.6) is 0 Å². The van der Waals surface area contributed by atoms with Crippen LogP contribution in [0.4, 0.5) is 0 Å². The molecule has 0 amide bonds. The van der Waals surface area contributed by atoms with Crippen molar-refractivity contribution in [2.24, 2.45) is 0 Å². The molecule has 4 nitrogen and oxygen atoms in total. The van der Waals surface area contributed by atoms with Crippen LogP contribution in [-0.2, 0) is 10.0 Å². The van der Waals surface area contributed by atoms with E-state index in [9.17, 15) is 8.42 Å². The standard InChI is InChI=1S/C11H13ClN2O2S/c1-2-5-9(8-13)14-17(15,16)11-7-4-3-6-10(11)12/h3-4,6-7,9,14H,2,5H2,1H3/t9-/m1/s1. The summed E-state index contributed by atoms with van der Waals surface area (Å²) in [5.41, 5.74) is 0. The molecule has 0 aliphatic rings. The number of hydrogen-bond donors (Lipinski definition) is 1. The second kappa shape index (κ2) is 6.01. The van der Waals surface area contributed by atoms with Gasteiger partial charge in [0, 0.05) is 0 Å². The largest absolute Gasteiger partial charge is 0.243 e. The maximum absolute atomic E-state index is 12.0. The van der Waals surface area contributed by atoms with E-state index < -0.39 is 16.1 Å². The van der Waals surface area contributed by atoms with E-state index in [4.69, 9.17) is 16.9 Å². The molecule has 0 saturated carbocycles. The molecule has 6 heteroatoms. The Bertz CT molecular complexity index is 523. The molecule has 1 atom stereocenters. The van der Waals surface area contributed by atoms with Crippen LogP contribution >= 0.6 is 11.6 Å². The van der Waals surface area contributed by atoms with Crippen molar-refractivity contribution in [1.82, 2.24) is 4.72 Å². The van der Waals surface area contributed by atoms with E-state index in [-0.39, 0.29) is 9.92 Å². The molecule has 0 heterocycles. The number of sulfonamides is 1. The van der Waals surface area contributed by atoms with Crippen LogP contribution in [0.3, 0.4) is 0 Å². The maximum Gasteiger partial charge on any atom is 0.243 e. The number of nitrogens with zero attached hydrogens (tertiary/aromatic N) is 1. The zero-order chi connectivity index (χ0) is 12.9. The lowest BCUT2D eigenvalue weighted by Gasteiger charge is -2.11. The Hall–Kier alpha value is -1.09. The average Bonchev–Trinajstić information content (AvgIpc) is 2.28. The molecule has 0 spiro atoms. The Morgan fingerprint density at radius 1 is 1.47 bits per heavy atom. The van der Waals surface area contributed by atoms with Gasteiger partial charge in [-0.15, -0.1) is 0 Å². The molecule has 1 rings (SSSR count). The van der Waals surface area contributed by atoms with Crippen LogP contribution in [0.25, 0.3) is 0 Å². The van der Waals surface area contributed by atoms with Gasteiger partial charge in [-0.1, -0.05) is 37.1 Å². The first-order valence-electron chi connectivity index (χ1n) is 5.17. The van der Waals surface area contributed by atoms with Crippen LogP contribution in [0.1, 0.15) is 19.8 Å². The molecular formula is C11H13ClN2O2S. The Labute approximate surface area is 106 Å². The summed E-state index contributed by atoms with van der Waals surface area (Å²) in [7, 11) is -3.73. The SMILES string of the molecule is CCC[C@H](C#N)NS(=O)(=O)c1ccccc1Cl. The quantitative estimate of drug-likeness (QED) is 0.894. The first-order valence-corrected chi connectivity index (χ1v) is 7.04. The first-order chi connectivity index (χ1) is 8.01. The van der Waals surface area contributed by atoms with Crippen LogP contribution < -0.4 is 4.72 Å². The molecule has 0 aromatic heterocycles. The summed E-state index contributed by atoms with van der Waals surface area (Å²) in [6, 6.07) is 7.33. The van der Waals surface area contributed by atoms with Crippen LogP contribution in [0.15, 0.2) is 29.2 Å². The number of benzene rings is 1. The van der Waals surface area contributed by atoms with Gasteiger partial charge in [0.25, 0.3) is 0 Å². The van der Waals surface area contributed by atoms with Crippen LogP contribution in [-0.4, -0.2) is 14.5 Å². The maximum atomic E-state index is 12.0. The zero-order valence-corrected chi connectivity index (χ0v) is 10.9. The highest BCUT2D eigenvalue weighted by atomic mass is 35.5. The molecule has 0 saturated heterocycles. The molecule has 0 unspecified atom stereocenters. The minimum atomic E-state index is -3.73. The molecule has 1 N–H and O–H groups in total. The summed E-state index contributed by atoms with van der Waals surface area (Å²) in [4.78, 5) is -0.00183. The number of rotatable bonds is 5. The van der Waals surface area contributed by atoms with E-state index in [2.05, 4.69) is 4.72 Å². The summed E-state index contributed by atoms with van der Waals surface area (Å²) < 4.78 is 26.2. The molecule has 17 heavy (non-hydrogen) atoms. The fourth-order valence-corrected chi connectivity index (χ4v) is 3.05. The van der Waals surface area contributed by atoms with Crippen molar-refractivity contribution in [2.75, 3.05) is 0 Å². The average molecular weight is 273 g/mol. The Kier molecular flexibility index (Phi) is 4.94. The van der Waals surface area contributed by atoms with Gasteiger partial charge in [-0.25, -0.2) is 8.42 Å². The Morgan fingerprint density at radius 2 is 2.12 bits per heavy atom. The van der Waals surface area contributed by atoms with E-state index in [1.807, 2.05) is 13.0 Å². The van der Waals surface area contributed by atoms with E-state index in [1.54, 1.807) is 12.1 Å². The second-order valence-electron chi connectivity index (χ2n) is 3.52. The van der Waals surface area contributed by atoms with Crippen molar-refractivity contribution < 1.29 is 8.42 Å². The van der Waals surface area contributed by atoms with Crippen molar-refractivity contribution in [3.63, 3.8) is 0 Å². The molecule has 0 aliphatic heterocycles. The molecule has 1 aromatic carbocycles. The fraction of sp³-hybridized carbons (Fsp3) is 0.364. The molecule has 0 aliphatic carbocycles. The normalized spacial score (nSPS) is 13.0. The zero-order valence-electron chi connectivity index (χ0n) is 9.35. The Morgan fingerprint density at radius 3 is 2.65 bits per heavy atom. The summed E-state index contributed by atoms with van der Waals surface area (Å²) in [6.07, 6.45) is 1.20. The molecule has 0 fully saturated rings. The lowest BCUT2D eigenvalue weighted by atomic mass is 10.2. The molecule has 0 radical (unpaired) electrons. The summed E-state index contributed by atoms with van der Waals surface area (Å²) in [5, 5.41) is 8.97. The summed E-state index contributed by atoms with van der Waals surface area (Å²) >= 11 is 5.81. The topological polar surface area (TPSA) is 70.0 Å². The van der Waals surface area contributed by atoms with Gasteiger partial charge in [0.05, 0.1) is 11.1 Å². The van der Waals surface area contributed by atoms with Gasteiger partial charge in [-0.3, -0.25) is 0 Å². The molecule has 1 aromatic rings. The van der Waals surface area contributed by atoms with Gasteiger partial charge >= 0.3 is 0 Å². The highest BCUT2D eigenvalue weighted by Gasteiger charge is 2.21. The molecule has 92 valence electrons. The summed E-state index contributed by atoms with van der Waals surface area (Å²) in [6.45, 7) is 1.88. The predicted molar refractivity (Wildman–Crippen MR) is 66.1 cm³/mol. The van der Waals surface area contributed by atoms with Gasteiger partial charge in [0.2, 0.25) is 10.0 Å². The molecule has 0 bridgehead atoms. The van der Waals surface area contributed by atoms with Crippen molar-refractivity contribution in [2.45, 2.75) is 30.7 Å². The van der Waals surface area contributed by atoms with Crippen LogP contribution in [0.2, 0.25) is 5.02 Å². The van der Waals surface area contributed by atoms with Crippen LogP contribution in [0, 0.1) is 11.3 Å². The second-order valence-corrected chi connectivity index (χ2v) is 5.61.